The van der Waals surface area contributed by atoms with Gasteiger partial charge in [0.05, 0.1) is 0 Å². The van der Waals surface area contributed by atoms with Gasteiger partial charge in [0.2, 0.25) is 0 Å². The molecule has 0 spiro atoms. The van der Waals surface area contributed by atoms with Gasteiger partial charge in [-0.15, -0.1) is 18.5 Å². The summed E-state index contributed by atoms with van der Waals surface area (Å²) in [5, 5.41) is 8.30. The van der Waals surface area contributed by atoms with Gasteiger partial charge in [-0.25, -0.2) is 0 Å². The highest BCUT2D eigenvalue weighted by Gasteiger charge is 2.60. The molecule has 7 unspecified atom stereocenters. The van der Waals surface area contributed by atoms with E-state index in [0.29, 0.717) is 17.5 Å². The fourth-order valence-electron chi connectivity index (χ4n) is 10.1. The van der Waals surface area contributed by atoms with E-state index >= 15 is 0 Å². The van der Waals surface area contributed by atoms with Crippen LogP contribution in [0.1, 0.15) is 97.8 Å². The average Bonchev–Trinajstić information content (AvgIpc) is 3.32. The van der Waals surface area contributed by atoms with Gasteiger partial charge in [-0.2, -0.15) is 0 Å². The third-order valence-electron chi connectivity index (χ3n) is 11.6. The molecule has 0 aromatic carbocycles. The van der Waals surface area contributed by atoms with Crippen LogP contribution in [0.15, 0.2) is 22.8 Å². The molecule has 7 aliphatic rings. The Kier molecular flexibility index (Phi) is 6.91. The zero-order valence-corrected chi connectivity index (χ0v) is 25.1. The van der Waals surface area contributed by atoms with E-state index in [0.717, 1.165) is 23.7 Å². The molecule has 7 atom stereocenters. The van der Waals surface area contributed by atoms with Crippen molar-refractivity contribution in [1.29, 1.82) is 0 Å². The quantitative estimate of drug-likeness (QED) is 0.391. The average molecular weight is 515 g/mol. The third-order valence-corrected chi connectivity index (χ3v) is 13.2. The highest BCUT2D eigenvalue weighted by molar-refractivity contribution is 7.19. The van der Waals surface area contributed by atoms with Crippen molar-refractivity contribution in [3.63, 3.8) is 0 Å². The molecule has 196 valence electrons. The molecular formula is C31H52N2P2. The molecule has 4 heteroatoms. The molecular weight excluding hydrogens is 462 g/mol. The minimum atomic E-state index is 0.133. The summed E-state index contributed by atoms with van der Waals surface area (Å²) in [7, 11) is 6.80. The van der Waals surface area contributed by atoms with Gasteiger partial charge in [0, 0.05) is 17.2 Å². The number of hydrogen-bond donors (Lipinski definition) is 2. The van der Waals surface area contributed by atoms with Gasteiger partial charge in [-0.1, -0.05) is 45.3 Å². The van der Waals surface area contributed by atoms with Crippen molar-refractivity contribution >= 4 is 18.5 Å². The smallest absolute Gasteiger partial charge is 0.0370 e. The Morgan fingerprint density at radius 1 is 0.914 bits per heavy atom. The Morgan fingerprint density at radius 2 is 1.51 bits per heavy atom. The van der Waals surface area contributed by atoms with Gasteiger partial charge < -0.3 is 10.6 Å². The molecule has 0 amide bonds. The van der Waals surface area contributed by atoms with Crippen LogP contribution in [-0.2, 0) is 0 Å². The molecule has 35 heavy (non-hydrogen) atoms. The van der Waals surface area contributed by atoms with Crippen molar-refractivity contribution in [2.45, 2.75) is 115 Å². The molecule has 5 aliphatic carbocycles. The summed E-state index contributed by atoms with van der Waals surface area (Å²) < 4.78 is 0. The molecule has 0 radical (unpaired) electrons. The van der Waals surface area contributed by atoms with Gasteiger partial charge in [0.1, 0.15) is 0 Å². The van der Waals surface area contributed by atoms with Crippen LogP contribution in [0.2, 0.25) is 0 Å². The van der Waals surface area contributed by atoms with Gasteiger partial charge in [0.25, 0.3) is 0 Å². The van der Waals surface area contributed by atoms with Crippen LogP contribution in [0.4, 0.5) is 0 Å². The maximum Gasteiger partial charge on any atom is 0.0370 e. The van der Waals surface area contributed by atoms with Gasteiger partial charge in [0.15, 0.2) is 0 Å². The third kappa shape index (κ3) is 4.19. The summed E-state index contributed by atoms with van der Waals surface area (Å²) >= 11 is 0. The standard InChI is InChI=1S/C31H52N2P2/c1-29(2,3)23-15-24(30-17-20-12-21(18-30)14-22(13-20)26(30)19-34)25(16-23)31(35,27-8-4-6-10-32-27)28-9-5-7-11-33-28/h15,20-22,26-28,32-33H,4-14,16-19,34-35H2,1-3H3. The van der Waals surface area contributed by atoms with Crippen molar-refractivity contribution < 1.29 is 0 Å². The lowest BCUT2D eigenvalue weighted by Gasteiger charge is -2.63. The zero-order chi connectivity index (χ0) is 24.4. The van der Waals surface area contributed by atoms with Crippen LogP contribution in [0, 0.1) is 34.5 Å². The van der Waals surface area contributed by atoms with Gasteiger partial charge in [-0.05, 0) is 129 Å². The topological polar surface area (TPSA) is 24.1 Å². The molecule has 4 saturated carbocycles. The lowest BCUT2D eigenvalue weighted by Crippen LogP contribution is -2.62. The highest BCUT2D eigenvalue weighted by Crippen LogP contribution is 2.68. The van der Waals surface area contributed by atoms with Crippen LogP contribution < -0.4 is 10.6 Å². The van der Waals surface area contributed by atoms with E-state index in [2.05, 4.69) is 56.0 Å². The number of allylic oxidation sites excluding steroid dienone is 3. The summed E-state index contributed by atoms with van der Waals surface area (Å²) in [5.74, 6) is 3.81. The van der Waals surface area contributed by atoms with E-state index in [4.69, 9.17) is 0 Å². The summed E-state index contributed by atoms with van der Waals surface area (Å²) in [6.45, 7) is 9.79. The maximum atomic E-state index is 4.08. The molecule has 0 aromatic rings. The van der Waals surface area contributed by atoms with Crippen LogP contribution in [-0.4, -0.2) is 36.5 Å². The molecule has 7 rings (SSSR count). The van der Waals surface area contributed by atoms with E-state index in [-0.39, 0.29) is 10.6 Å². The van der Waals surface area contributed by atoms with E-state index in [1.165, 1.54) is 96.3 Å². The lowest BCUT2D eigenvalue weighted by molar-refractivity contribution is -0.0765. The second kappa shape index (κ2) is 9.47. The Labute approximate surface area is 220 Å². The predicted octanol–water partition coefficient (Wildman–Crippen LogP) is 6.87. The second-order valence-electron chi connectivity index (χ2n) is 14.5. The SMILES string of the molecule is CC(C)(C)C1=CC(C23CC4CC(CC(C4)C2CP)C3)=C(C(P)(C2CCCCN2)C2CCCCN2)C1. The first-order valence-corrected chi connectivity index (χ1v) is 16.6. The summed E-state index contributed by atoms with van der Waals surface area (Å²) in [6.07, 6.45) is 21.0. The maximum absolute atomic E-state index is 4.08. The normalized spacial score (nSPS) is 43.4. The largest absolute Gasteiger partial charge is 0.313 e. The minimum absolute atomic E-state index is 0.133. The highest BCUT2D eigenvalue weighted by atomic mass is 31.0. The summed E-state index contributed by atoms with van der Waals surface area (Å²) in [5.41, 5.74) is 6.08. The minimum Gasteiger partial charge on any atom is -0.313 e. The number of nitrogens with one attached hydrogen (secondary N) is 2. The Morgan fingerprint density at radius 3 is 2.00 bits per heavy atom. The van der Waals surface area contributed by atoms with Crippen molar-refractivity contribution in [3.05, 3.63) is 22.8 Å². The van der Waals surface area contributed by atoms with Crippen LogP contribution in [0.5, 0.6) is 0 Å². The van der Waals surface area contributed by atoms with E-state index in [1.807, 2.05) is 11.1 Å². The second-order valence-corrected chi connectivity index (χ2v) is 16.0. The first-order valence-electron chi connectivity index (χ1n) is 15.2. The van der Waals surface area contributed by atoms with Crippen LogP contribution >= 0.6 is 18.5 Å². The van der Waals surface area contributed by atoms with Crippen LogP contribution in [0.25, 0.3) is 0 Å². The molecule has 2 saturated heterocycles. The molecule has 4 bridgehead atoms. The lowest BCUT2D eigenvalue weighted by atomic mass is 9.43. The fourth-order valence-corrected chi connectivity index (χ4v) is 11.7. The molecule has 6 fully saturated rings. The number of piperidine rings is 2. The van der Waals surface area contributed by atoms with Crippen molar-refractivity contribution in [3.8, 4) is 0 Å². The number of rotatable bonds is 5. The fraction of sp³-hybridized carbons (Fsp3) is 0.871. The molecule has 2 heterocycles. The Bertz CT molecular complexity index is 839. The summed E-state index contributed by atoms with van der Waals surface area (Å²) in [6, 6.07) is 1.16. The van der Waals surface area contributed by atoms with E-state index in [9.17, 15) is 0 Å². The van der Waals surface area contributed by atoms with E-state index < -0.39 is 0 Å². The summed E-state index contributed by atoms with van der Waals surface area (Å²) in [4.78, 5) is 0. The van der Waals surface area contributed by atoms with Crippen molar-refractivity contribution in [1.82, 2.24) is 10.6 Å². The van der Waals surface area contributed by atoms with Gasteiger partial charge in [-0.3, -0.25) is 0 Å². The monoisotopic (exact) mass is 514 g/mol. The Hall–Kier alpha value is 0.260. The Balaban J connectivity index is 1.51. The van der Waals surface area contributed by atoms with Crippen LogP contribution in [0.3, 0.4) is 0 Å². The first-order chi connectivity index (χ1) is 16.8. The molecule has 0 aromatic heterocycles. The van der Waals surface area contributed by atoms with Gasteiger partial charge >= 0.3 is 0 Å². The molecule has 2 N–H and O–H groups in total. The first kappa shape index (κ1) is 25.5. The number of hydrogen-bond acceptors (Lipinski definition) is 2. The van der Waals surface area contributed by atoms with E-state index in [1.54, 1.807) is 5.57 Å². The zero-order valence-electron chi connectivity index (χ0n) is 22.8. The van der Waals surface area contributed by atoms with Crippen molar-refractivity contribution in [2.24, 2.45) is 34.5 Å². The molecule has 2 nitrogen and oxygen atoms in total. The van der Waals surface area contributed by atoms with Crippen molar-refractivity contribution in [2.75, 3.05) is 19.3 Å². The predicted molar refractivity (Wildman–Crippen MR) is 157 cm³/mol. The molecule has 2 aliphatic heterocycles.